The highest BCUT2D eigenvalue weighted by atomic mass is 16.5. The minimum absolute atomic E-state index is 0.178. The fraction of sp³-hybridized carbons (Fsp3) is 0.278. The number of benzene rings is 2. The van der Waals surface area contributed by atoms with Gasteiger partial charge in [-0.3, -0.25) is 0 Å². The van der Waals surface area contributed by atoms with Crippen molar-refractivity contribution in [3.63, 3.8) is 0 Å². The monoisotopic (exact) mass is 284 g/mol. The van der Waals surface area contributed by atoms with Gasteiger partial charge in [0.05, 0.1) is 11.7 Å². The number of ether oxygens (including phenoxy) is 2. The molecule has 0 saturated carbocycles. The van der Waals surface area contributed by atoms with Crippen molar-refractivity contribution in [3.8, 4) is 11.5 Å². The Morgan fingerprint density at radius 2 is 1.67 bits per heavy atom. The number of carbonyl (C=O) groups is 1. The second kappa shape index (κ2) is 7.48. The SMILES string of the molecule is CCCC(C)Oc1ccc(C(=O)Oc2ccccc2)cc1. The molecule has 0 aliphatic rings. The summed E-state index contributed by atoms with van der Waals surface area (Å²) >= 11 is 0. The van der Waals surface area contributed by atoms with Gasteiger partial charge in [0, 0.05) is 0 Å². The van der Waals surface area contributed by atoms with Crippen LogP contribution in [0.25, 0.3) is 0 Å². The topological polar surface area (TPSA) is 35.5 Å². The molecule has 0 aliphatic heterocycles. The fourth-order valence-electron chi connectivity index (χ4n) is 2.02. The predicted molar refractivity (Wildman–Crippen MR) is 82.8 cm³/mol. The van der Waals surface area contributed by atoms with E-state index in [0.29, 0.717) is 11.3 Å². The van der Waals surface area contributed by atoms with Crippen LogP contribution in [0.1, 0.15) is 37.0 Å². The number of hydrogen-bond donors (Lipinski definition) is 0. The highest BCUT2D eigenvalue weighted by Gasteiger charge is 2.09. The van der Waals surface area contributed by atoms with Crippen LogP contribution in [0.2, 0.25) is 0 Å². The second-order valence-corrected chi connectivity index (χ2v) is 4.94. The van der Waals surface area contributed by atoms with E-state index in [1.54, 1.807) is 36.4 Å². The normalized spacial score (nSPS) is 11.7. The van der Waals surface area contributed by atoms with Gasteiger partial charge in [0.15, 0.2) is 0 Å². The molecule has 1 unspecified atom stereocenters. The smallest absolute Gasteiger partial charge is 0.343 e. The fourth-order valence-corrected chi connectivity index (χ4v) is 2.02. The molecule has 21 heavy (non-hydrogen) atoms. The molecule has 2 aromatic carbocycles. The van der Waals surface area contributed by atoms with E-state index in [0.717, 1.165) is 18.6 Å². The van der Waals surface area contributed by atoms with Gasteiger partial charge < -0.3 is 9.47 Å². The number of carbonyl (C=O) groups excluding carboxylic acids is 1. The first-order valence-electron chi connectivity index (χ1n) is 7.23. The Hall–Kier alpha value is -2.29. The summed E-state index contributed by atoms with van der Waals surface area (Å²) in [5.41, 5.74) is 0.509. The molecular formula is C18H20O3. The lowest BCUT2D eigenvalue weighted by atomic mass is 10.2. The summed E-state index contributed by atoms with van der Waals surface area (Å²) in [6.07, 6.45) is 2.28. The summed E-state index contributed by atoms with van der Waals surface area (Å²) in [4.78, 5) is 12.0. The summed E-state index contributed by atoms with van der Waals surface area (Å²) in [7, 11) is 0. The van der Waals surface area contributed by atoms with Crippen molar-refractivity contribution in [2.75, 3.05) is 0 Å². The molecule has 0 saturated heterocycles. The van der Waals surface area contributed by atoms with Crippen molar-refractivity contribution in [1.82, 2.24) is 0 Å². The van der Waals surface area contributed by atoms with E-state index in [2.05, 4.69) is 6.92 Å². The molecule has 1 atom stereocenters. The Morgan fingerprint density at radius 1 is 1.00 bits per heavy atom. The molecule has 0 radical (unpaired) electrons. The van der Waals surface area contributed by atoms with Gasteiger partial charge in [-0.05, 0) is 49.7 Å². The minimum atomic E-state index is -0.366. The zero-order chi connectivity index (χ0) is 15.1. The Morgan fingerprint density at radius 3 is 2.29 bits per heavy atom. The van der Waals surface area contributed by atoms with Crippen molar-refractivity contribution >= 4 is 5.97 Å². The largest absolute Gasteiger partial charge is 0.491 e. The summed E-state index contributed by atoms with van der Waals surface area (Å²) < 4.78 is 11.0. The molecular weight excluding hydrogens is 264 g/mol. The van der Waals surface area contributed by atoms with Crippen LogP contribution in [0.3, 0.4) is 0 Å². The van der Waals surface area contributed by atoms with Crippen LogP contribution in [-0.4, -0.2) is 12.1 Å². The van der Waals surface area contributed by atoms with E-state index in [4.69, 9.17) is 9.47 Å². The van der Waals surface area contributed by atoms with E-state index in [1.807, 2.05) is 25.1 Å². The first-order valence-corrected chi connectivity index (χ1v) is 7.23. The molecule has 110 valence electrons. The maximum absolute atomic E-state index is 12.0. The average Bonchev–Trinajstić information content (AvgIpc) is 2.49. The first kappa shape index (κ1) is 15.1. The van der Waals surface area contributed by atoms with Crippen LogP contribution in [0.15, 0.2) is 54.6 Å². The van der Waals surface area contributed by atoms with E-state index in [9.17, 15) is 4.79 Å². The molecule has 0 amide bonds. The molecule has 0 bridgehead atoms. The summed E-state index contributed by atoms with van der Waals surface area (Å²) in [6.45, 7) is 4.17. The number of para-hydroxylation sites is 1. The zero-order valence-electron chi connectivity index (χ0n) is 12.4. The molecule has 2 rings (SSSR count). The third-order valence-corrected chi connectivity index (χ3v) is 3.08. The molecule has 3 heteroatoms. The lowest BCUT2D eigenvalue weighted by Crippen LogP contribution is -2.11. The van der Waals surface area contributed by atoms with Crippen LogP contribution in [-0.2, 0) is 0 Å². The molecule has 0 fully saturated rings. The Kier molecular flexibility index (Phi) is 5.38. The Bertz CT molecular complexity index is 561. The molecule has 0 aromatic heterocycles. The number of hydrogen-bond acceptors (Lipinski definition) is 3. The van der Waals surface area contributed by atoms with Crippen LogP contribution < -0.4 is 9.47 Å². The minimum Gasteiger partial charge on any atom is -0.491 e. The van der Waals surface area contributed by atoms with Crippen molar-refractivity contribution in [2.24, 2.45) is 0 Å². The molecule has 0 N–H and O–H groups in total. The molecule has 3 nitrogen and oxygen atoms in total. The van der Waals surface area contributed by atoms with Crippen LogP contribution in [0.5, 0.6) is 11.5 Å². The van der Waals surface area contributed by atoms with Gasteiger partial charge in [0.25, 0.3) is 0 Å². The van der Waals surface area contributed by atoms with Gasteiger partial charge in [0.2, 0.25) is 0 Å². The van der Waals surface area contributed by atoms with E-state index in [1.165, 1.54) is 0 Å². The average molecular weight is 284 g/mol. The highest BCUT2D eigenvalue weighted by Crippen LogP contribution is 2.17. The number of esters is 1. The van der Waals surface area contributed by atoms with E-state index >= 15 is 0 Å². The van der Waals surface area contributed by atoms with Gasteiger partial charge in [-0.25, -0.2) is 4.79 Å². The van der Waals surface area contributed by atoms with Crippen LogP contribution in [0, 0.1) is 0 Å². The first-order chi connectivity index (χ1) is 10.2. The summed E-state index contributed by atoms with van der Waals surface area (Å²) in [5, 5.41) is 0. The Labute approximate surface area is 125 Å². The van der Waals surface area contributed by atoms with Crippen molar-refractivity contribution in [3.05, 3.63) is 60.2 Å². The van der Waals surface area contributed by atoms with Crippen LogP contribution in [0.4, 0.5) is 0 Å². The second-order valence-electron chi connectivity index (χ2n) is 4.94. The zero-order valence-corrected chi connectivity index (χ0v) is 12.4. The van der Waals surface area contributed by atoms with Gasteiger partial charge in [-0.15, -0.1) is 0 Å². The van der Waals surface area contributed by atoms with E-state index < -0.39 is 0 Å². The van der Waals surface area contributed by atoms with E-state index in [-0.39, 0.29) is 12.1 Å². The van der Waals surface area contributed by atoms with Gasteiger partial charge >= 0.3 is 5.97 Å². The highest BCUT2D eigenvalue weighted by molar-refractivity contribution is 5.91. The van der Waals surface area contributed by atoms with Gasteiger partial charge in [0.1, 0.15) is 11.5 Å². The predicted octanol–water partition coefficient (Wildman–Crippen LogP) is 4.47. The van der Waals surface area contributed by atoms with Gasteiger partial charge in [-0.2, -0.15) is 0 Å². The van der Waals surface area contributed by atoms with Gasteiger partial charge in [-0.1, -0.05) is 31.5 Å². The molecule has 0 heterocycles. The molecule has 2 aromatic rings. The maximum Gasteiger partial charge on any atom is 0.343 e. The standard InChI is InChI=1S/C18H20O3/c1-3-7-14(2)20-17-12-10-15(11-13-17)18(19)21-16-8-5-4-6-9-16/h4-6,8-14H,3,7H2,1-2H3. The maximum atomic E-state index is 12.0. The van der Waals surface area contributed by atoms with Crippen LogP contribution >= 0.6 is 0 Å². The van der Waals surface area contributed by atoms with Crippen molar-refractivity contribution in [2.45, 2.75) is 32.8 Å². The third kappa shape index (κ3) is 4.63. The lowest BCUT2D eigenvalue weighted by Gasteiger charge is -2.13. The van der Waals surface area contributed by atoms with Crippen molar-refractivity contribution in [1.29, 1.82) is 0 Å². The quantitative estimate of drug-likeness (QED) is 0.580. The molecule has 0 spiro atoms. The Balaban J connectivity index is 1.97. The van der Waals surface area contributed by atoms with Crippen molar-refractivity contribution < 1.29 is 14.3 Å². The molecule has 0 aliphatic carbocycles. The third-order valence-electron chi connectivity index (χ3n) is 3.08. The summed E-state index contributed by atoms with van der Waals surface area (Å²) in [5.74, 6) is 0.945. The summed E-state index contributed by atoms with van der Waals surface area (Å²) in [6, 6.07) is 16.1. The number of rotatable bonds is 6. The lowest BCUT2D eigenvalue weighted by molar-refractivity contribution is 0.0734.